The lowest BCUT2D eigenvalue weighted by atomic mass is 10.2. The van der Waals surface area contributed by atoms with E-state index in [4.69, 9.17) is 5.73 Å². The Morgan fingerprint density at radius 1 is 0.941 bits per heavy atom. The lowest BCUT2D eigenvalue weighted by Crippen LogP contribution is -2.35. The van der Waals surface area contributed by atoms with E-state index in [-0.39, 0.29) is 17.6 Å². The number of hydrogen-bond acceptors (Lipinski definition) is 5. The normalized spacial score (nSPS) is 10.4. The first kappa shape index (κ1) is 24.6. The summed E-state index contributed by atoms with van der Waals surface area (Å²) in [6.07, 6.45) is 4.65. The quantitative estimate of drug-likeness (QED) is 0.246. The van der Waals surface area contributed by atoms with Gasteiger partial charge in [0.05, 0.1) is 11.4 Å². The van der Waals surface area contributed by atoms with Gasteiger partial charge in [-0.2, -0.15) is 0 Å². The number of carbonyl (C=O) groups excluding carboxylic acids is 2. The zero-order valence-electron chi connectivity index (χ0n) is 19.7. The van der Waals surface area contributed by atoms with Crippen LogP contribution in [0.25, 0.3) is 0 Å². The number of nitrogens with zero attached hydrogens (tertiary/aromatic N) is 2. The van der Waals surface area contributed by atoms with Crippen molar-refractivity contribution in [2.24, 2.45) is 0 Å². The summed E-state index contributed by atoms with van der Waals surface area (Å²) in [6, 6.07) is 17.9. The van der Waals surface area contributed by atoms with E-state index in [2.05, 4.69) is 27.9 Å². The predicted molar refractivity (Wildman–Crippen MR) is 138 cm³/mol. The number of anilines is 4. The summed E-state index contributed by atoms with van der Waals surface area (Å²) in [5.74, 6) is -0.341. The molecule has 34 heavy (non-hydrogen) atoms. The summed E-state index contributed by atoms with van der Waals surface area (Å²) in [5.41, 5.74) is 9.74. The molecule has 178 valence electrons. The molecule has 5 N–H and O–H groups in total. The average Bonchev–Trinajstić information content (AvgIpc) is 2.85. The summed E-state index contributed by atoms with van der Waals surface area (Å²) >= 11 is 0. The molecular weight excluding hydrogens is 428 g/mol. The van der Waals surface area contributed by atoms with Crippen LogP contribution in [0.3, 0.4) is 0 Å². The molecule has 0 aliphatic carbocycles. The van der Waals surface area contributed by atoms with Gasteiger partial charge in [-0.3, -0.25) is 9.78 Å². The molecule has 0 atom stereocenters. The number of urea groups is 1. The number of carbonyl (C=O) groups is 2. The van der Waals surface area contributed by atoms with E-state index >= 15 is 0 Å². The zero-order chi connectivity index (χ0) is 24.3. The number of nitrogen functional groups attached to an aromatic ring is 1. The molecule has 0 saturated carbocycles. The summed E-state index contributed by atoms with van der Waals surface area (Å²) in [5, 5.41) is 8.80. The highest BCUT2D eigenvalue weighted by molar-refractivity contribution is 6.04. The van der Waals surface area contributed by atoms with Crippen molar-refractivity contribution >= 4 is 34.7 Å². The third-order valence-corrected chi connectivity index (χ3v) is 5.38. The molecule has 8 nitrogen and oxygen atoms in total. The molecule has 0 aliphatic rings. The lowest BCUT2D eigenvalue weighted by molar-refractivity contribution is 0.102. The summed E-state index contributed by atoms with van der Waals surface area (Å²) < 4.78 is 0. The first-order valence-corrected chi connectivity index (χ1v) is 11.4. The van der Waals surface area contributed by atoms with Crippen LogP contribution in [0, 0.1) is 0 Å². The number of amides is 3. The number of benzene rings is 2. The van der Waals surface area contributed by atoms with Crippen LogP contribution in [0.5, 0.6) is 0 Å². The minimum absolute atomic E-state index is 0.172. The van der Waals surface area contributed by atoms with Gasteiger partial charge in [0.1, 0.15) is 5.69 Å². The van der Waals surface area contributed by atoms with Gasteiger partial charge in [-0.1, -0.05) is 38.0 Å². The summed E-state index contributed by atoms with van der Waals surface area (Å²) in [7, 11) is 1.85. The van der Waals surface area contributed by atoms with Gasteiger partial charge in [0.15, 0.2) is 0 Å². The Bertz CT molecular complexity index is 1080. The van der Waals surface area contributed by atoms with E-state index in [9.17, 15) is 9.59 Å². The van der Waals surface area contributed by atoms with Gasteiger partial charge in [0.25, 0.3) is 5.91 Å². The fraction of sp³-hybridized carbons (Fsp3) is 0.269. The van der Waals surface area contributed by atoms with Crippen molar-refractivity contribution in [3.63, 3.8) is 0 Å². The van der Waals surface area contributed by atoms with Crippen LogP contribution in [0.15, 0.2) is 66.9 Å². The maximum absolute atomic E-state index is 13.0. The van der Waals surface area contributed by atoms with E-state index in [0.29, 0.717) is 24.5 Å². The smallest absolute Gasteiger partial charge is 0.322 e. The number of pyridine rings is 1. The molecule has 3 rings (SSSR count). The van der Waals surface area contributed by atoms with Crippen molar-refractivity contribution < 1.29 is 9.59 Å². The Labute approximate surface area is 200 Å². The van der Waals surface area contributed by atoms with E-state index in [1.807, 2.05) is 37.4 Å². The van der Waals surface area contributed by atoms with E-state index in [1.54, 1.807) is 41.4 Å². The molecule has 0 saturated heterocycles. The Hall–Kier alpha value is -4.07. The minimum atomic E-state index is -0.341. The fourth-order valence-corrected chi connectivity index (χ4v) is 3.40. The SMILES string of the molecule is CCCCCN(Cc1ccc(C(=O)Nc2ccccc2N)nc1)C(=O)Nc1ccc(NC)cc1. The molecule has 1 aromatic heterocycles. The highest BCUT2D eigenvalue weighted by atomic mass is 16.2. The van der Waals surface area contributed by atoms with Gasteiger partial charge >= 0.3 is 6.03 Å². The second-order valence-electron chi connectivity index (χ2n) is 7.98. The van der Waals surface area contributed by atoms with Crippen LogP contribution < -0.4 is 21.7 Å². The Morgan fingerprint density at radius 2 is 1.68 bits per heavy atom. The zero-order valence-corrected chi connectivity index (χ0v) is 19.7. The third-order valence-electron chi connectivity index (χ3n) is 5.38. The van der Waals surface area contributed by atoms with E-state index in [1.165, 1.54) is 0 Å². The highest BCUT2D eigenvalue weighted by Gasteiger charge is 2.15. The number of hydrogen-bond donors (Lipinski definition) is 4. The molecular formula is C26H32N6O2. The number of nitrogens with two attached hydrogens (primary N) is 1. The second-order valence-corrected chi connectivity index (χ2v) is 7.98. The number of aromatic nitrogens is 1. The maximum atomic E-state index is 13.0. The van der Waals surface area contributed by atoms with Crippen LogP contribution in [0.1, 0.15) is 42.2 Å². The van der Waals surface area contributed by atoms with Crippen molar-refractivity contribution in [1.82, 2.24) is 9.88 Å². The molecule has 2 aromatic carbocycles. The molecule has 3 aromatic rings. The standard InChI is InChI=1S/C26H32N6O2/c1-3-4-7-16-32(26(34)30-21-13-11-20(28-2)12-14-21)18-19-10-15-24(29-17-19)25(33)31-23-9-6-5-8-22(23)27/h5-6,8-15,17,28H,3-4,7,16,18,27H2,1-2H3,(H,30,34)(H,31,33). The van der Waals surface area contributed by atoms with E-state index in [0.717, 1.165) is 36.2 Å². The van der Waals surface area contributed by atoms with Gasteiger partial charge in [-0.25, -0.2) is 4.79 Å². The van der Waals surface area contributed by atoms with Gasteiger partial charge in [-0.15, -0.1) is 0 Å². The monoisotopic (exact) mass is 460 g/mol. The molecule has 0 radical (unpaired) electrons. The molecule has 3 amide bonds. The molecule has 0 bridgehead atoms. The first-order valence-electron chi connectivity index (χ1n) is 11.4. The van der Waals surface area contributed by atoms with Crippen molar-refractivity contribution in [3.05, 3.63) is 78.1 Å². The van der Waals surface area contributed by atoms with Gasteiger partial charge in [0, 0.05) is 37.7 Å². The highest BCUT2D eigenvalue weighted by Crippen LogP contribution is 2.18. The predicted octanol–water partition coefficient (Wildman–Crippen LogP) is 5.18. The van der Waals surface area contributed by atoms with E-state index < -0.39 is 0 Å². The van der Waals surface area contributed by atoms with Crippen LogP contribution >= 0.6 is 0 Å². The van der Waals surface area contributed by atoms with Crippen molar-refractivity contribution in [3.8, 4) is 0 Å². The van der Waals surface area contributed by atoms with Gasteiger partial charge in [0.2, 0.25) is 0 Å². The number of rotatable bonds is 10. The second kappa shape index (κ2) is 12.2. The summed E-state index contributed by atoms with van der Waals surface area (Å²) in [4.78, 5) is 31.6. The third kappa shape index (κ3) is 6.96. The largest absolute Gasteiger partial charge is 0.397 e. The summed E-state index contributed by atoms with van der Waals surface area (Å²) in [6.45, 7) is 3.15. The molecule has 0 fully saturated rings. The Balaban J connectivity index is 1.65. The molecule has 1 heterocycles. The number of nitrogens with one attached hydrogen (secondary N) is 3. The Morgan fingerprint density at radius 3 is 2.32 bits per heavy atom. The van der Waals surface area contributed by atoms with Crippen LogP contribution in [-0.2, 0) is 6.54 Å². The van der Waals surface area contributed by atoms with Crippen LogP contribution in [0.4, 0.5) is 27.5 Å². The van der Waals surface area contributed by atoms with Gasteiger partial charge in [-0.05, 0) is 54.4 Å². The average molecular weight is 461 g/mol. The fourth-order valence-electron chi connectivity index (χ4n) is 3.40. The van der Waals surface area contributed by atoms with Crippen LogP contribution in [0.2, 0.25) is 0 Å². The van der Waals surface area contributed by atoms with Crippen molar-refractivity contribution in [1.29, 1.82) is 0 Å². The molecule has 0 aliphatic heterocycles. The maximum Gasteiger partial charge on any atom is 0.322 e. The number of para-hydroxylation sites is 2. The first-order chi connectivity index (χ1) is 16.5. The van der Waals surface area contributed by atoms with Crippen molar-refractivity contribution in [2.45, 2.75) is 32.7 Å². The lowest BCUT2D eigenvalue weighted by Gasteiger charge is -2.23. The van der Waals surface area contributed by atoms with Crippen molar-refractivity contribution in [2.75, 3.05) is 35.3 Å². The molecule has 0 spiro atoms. The molecule has 8 heteroatoms. The topological polar surface area (TPSA) is 112 Å². The number of unbranched alkanes of at least 4 members (excludes halogenated alkanes) is 2. The minimum Gasteiger partial charge on any atom is -0.397 e. The van der Waals surface area contributed by atoms with Crippen LogP contribution in [-0.4, -0.2) is 35.4 Å². The van der Waals surface area contributed by atoms with Gasteiger partial charge < -0.3 is 26.6 Å². The Kier molecular flexibility index (Phi) is 8.85. The molecule has 0 unspecified atom stereocenters.